The van der Waals surface area contributed by atoms with Crippen LogP contribution in [0.5, 0.6) is 0 Å². The molecule has 0 bridgehead atoms. The minimum Gasteiger partial charge on any atom is -0.384 e. The van der Waals surface area contributed by atoms with E-state index in [-0.39, 0.29) is 0 Å². The molecule has 0 spiro atoms. The third kappa shape index (κ3) is 2.84. The molecular weight excluding hydrogens is 218 g/mol. The zero-order valence-corrected chi connectivity index (χ0v) is 10.6. The van der Waals surface area contributed by atoms with Gasteiger partial charge in [-0.05, 0) is 31.6 Å². The van der Waals surface area contributed by atoms with E-state index in [1.165, 1.54) is 0 Å². The van der Waals surface area contributed by atoms with Crippen LogP contribution in [-0.2, 0) is 16.7 Å². The summed E-state index contributed by atoms with van der Waals surface area (Å²) in [6.45, 7) is 2.87. The van der Waals surface area contributed by atoms with Gasteiger partial charge in [0.15, 0.2) is 5.82 Å². The Morgan fingerprint density at radius 3 is 2.82 bits per heavy atom. The highest BCUT2D eigenvalue weighted by molar-refractivity contribution is 5.04. The van der Waals surface area contributed by atoms with Crippen molar-refractivity contribution in [1.82, 2.24) is 10.1 Å². The summed E-state index contributed by atoms with van der Waals surface area (Å²) in [7, 11) is 1.66. The van der Waals surface area contributed by atoms with Gasteiger partial charge in [0.1, 0.15) is 0 Å². The lowest BCUT2D eigenvalue weighted by molar-refractivity contribution is 0.189. The first-order valence-electron chi connectivity index (χ1n) is 6.25. The number of hydrogen-bond donors (Lipinski definition) is 1. The summed E-state index contributed by atoms with van der Waals surface area (Å²) in [6, 6.07) is 0. The quantitative estimate of drug-likeness (QED) is 0.864. The molecule has 1 fully saturated rings. The average molecular weight is 239 g/mol. The maximum Gasteiger partial charge on any atom is 0.246 e. The molecule has 0 atom stereocenters. The van der Waals surface area contributed by atoms with Crippen LogP contribution >= 0.6 is 0 Å². The van der Waals surface area contributed by atoms with Crippen LogP contribution in [0.3, 0.4) is 0 Å². The normalized spacial score (nSPS) is 29.5. The van der Waals surface area contributed by atoms with Gasteiger partial charge in [-0.15, -0.1) is 0 Å². The third-order valence-electron chi connectivity index (χ3n) is 3.59. The van der Waals surface area contributed by atoms with Gasteiger partial charge in [-0.1, -0.05) is 12.1 Å². The summed E-state index contributed by atoms with van der Waals surface area (Å²) in [4.78, 5) is 4.39. The summed E-state index contributed by atoms with van der Waals surface area (Å²) in [5, 5.41) is 3.95. The highest BCUT2D eigenvalue weighted by Gasteiger charge is 2.36. The van der Waals surface area contributed by atoms with Crippen LogP contribution in [0.1, 0.15) is 44.3 Å². The minimum absolute atomic E-state index is 0.412. The minimum atomic E-state index is -0.412. The van der Waals surface area contributed by atoms with Crippen molar-refractivity contribution in [2.24, 2.45) is 11.7 Å². The van der Waals surface area contributed by atoms with Crippen LogP contribution in [-0.4, -0.2) is 23.9 Å². The third-order valence-corrected chi connectivity index (χ3v) is 3.59. The van der Waals surface area contributed by atoms with Gasteiger partial charge in [-0.3, -0.25) is 0 Å². The first-order chi connectivity index (χ1) is 8.14. The topological polar surface area (TPSA) is 74.2 Å². The van der Waals surface area contributed by atoms with E-state index in [1.54, 1.807) is 7.11 Å². The molecule has 1 aromatic rings. The fourth-order valence-corrected chi connectivity index (χ4v) is 2.24. The van der Waals surface area contributed by atoms with Crippen molar-refractivity contribution < 1.29 is 9.26 Å². The van der Waals surface area contributed by atoms with E-state index >= 15 is 0 Å². The van der Waals surface area contributed by atoms with Crippen LogP contribution < -0.4 is 5.73 Å². The van der Waals surface area contributed by atoms with Crippen molar-refractivity contribution in [3.63, 3.8) is 0 Å². The molecule has 5 nitrogen and oxygen atoms in total. The van der Waals surface area contributed by atoms with Gasteiger partial charge in [0, 0.05) is 13.5 Å². The first-order valence-corrected chi connectivity index (χ1v) is 6.25. The number of nitrogens with two attached hydrogens (primary N) is 1. The maximum absolute atomic E-state index is 6.36. The fraction of sp³-hybridized carbons (Fsp3) is 0.833. The highest BCUT2D eigenvalue weighted by Crippen LogP contribution is 2.36. The second kappa shape index (κ2) is 5.14. The van der Waals surface area contributed by atoms with E-state index in [9.17, 15) is 0 Å². The van der Waals surface area contributed by atoms with Gasteiger partial charge in [0.2, 0.25) is 5.89 Å². The van der Waals surface area contributed by atoms with Gasteiger partial charge in [0.25, 0.3) is 0 Å². The van der Waals surface area contributed by atoms with Crippen LogP contribution in [0.2, 0.25) is 0 Å². The second-order valence-electron chi connectivity index (χ2n) is 5.10. The predicted octanol–water partition coefficient (Wildman–Crippen LogP) is 1.62. The standard InChI is InChI=1S/C12H21N3O2/c1-9-3-6-12(13,7-4-9)11-14-10(15-17-11)5-8-16-2/h9H,3-8,13H2,1-2H3. The van der Waals surface area contributed by atoms with Gasteiger partial charge < -0.3 is 15.0 Å². The number of rotatable bonds is 4. The summed E-state index contributed by atoms with van der Waals surface area (Å²) in [6.07, 6.45) is 4.80. The lowest BCUT2D eigenvalue weighted by atomic mass is 9.78. The average Bonchev–Trinajstić information content (AvgIpc) is 2.80. The summed E-state index contributed by atoms with van der Waals surface area (Å²) >= 11 is 0. The van der Waals surface area contributed by atoms with Crippen LogP contribution in [0.25, 0.3) is 0 Å². The van der Waals surface area contributed by atoms with Crippen LogP contribution in [0.15, 0.2) is 4.52 Å². The number of aromatic nitrogens is 2. The number of methoxy groups -OCH3 is 1. The Balaban J connectivity index is 2.03. The Hall–Kier alpha value is -0.940. The molecule has 5 heteroatoms. The Kier molecular flexibility index (Phi) is 3.79. The van der Waals surface area contributed by atoms with E-state index < -0.39 is 5.54 Å². The molecule has 2 N–H and O–H groups in total. The molecule has 1 saturated carbocycles. The SMILES string of the molecule is COCCc1noc(C2(N)CCC(C)CC2)n1. The van der Waals surface area contributed by atoms with Gasteiger partial charge in [-0.2, -0.15) is 4.98 Å². The second-order valence-corrected chi connectivity index (χ2v) is 5.10. The highest BCUT2D eigenvalue weighted by atomic mass is 16.5. The van der Waals surface area contributed by atoms with E-state index in [0.29, 0.717) is 24.7 Å². The van der Waals surface area contributed by atoms with E-state index in [2.05, 4.69) is 17.1 Å². The Morgan fingerprint density at radius 1 is 1.47 bits per heavy atom. The molecule has 0 radical (unpaired) electrons. The molecule has 1 aliphatic rings. The summed E-state index contributed by atoms with van der Waals surface area (Å²) in [5.41, 5.74) is 5.95. The Labute approximate surface area is 102 Å². The molecule has 1 aliphatic carbocycles. The van der Waals surface area contributed by atoms with Crippen molar-refractivity contribution >= 4 is 0 Å². The van der Waals surface area contributed by atoms with Gasteiger partial charge >= 0.3 is 0 Å². The zero-order chi connectivity index (χ0) is 12.3. The van der Waals surface area contributed by atoms with Gasteiger partial charge in [-0.25, -0.2) is 0 Å². The fourth-order valence-electron chi connectivity index (χ4n) is 2.24. The van der Waals surface area contributed by atoms with Crippen molar-refractivity contribution in [3.05, 3.63) is 11.7 Å². The molecule has 2 rings (SSSR count). The summed E-state index contributed by atoms with van der Waals surface area (Å²) < 4.78 is 10.3. The molecular formula is C12H21N3O2. The smallest absolute Gasteiger partial charge is 0.246 e. The van der Waals surface area contributed by atoms with Crippen molar-refractivity contribution in [3.8, 4) is 0 Å². The predicted molar refractivity (Wildman–Crippen MR) is 63.4 cm³/mol. The lowest BCUT2D eigenvalue weighted by Crippen LogP contribution is -2.40. The van der Waals surface area contributed by atoms with E-state index in [1.807, 2.05) is 0 Å². The molecule has 0 amide bonds. The maximum atomic E-state index is 6.36. The van der Waals surface area contributed by atoms with Crippen molar-refractivity contribution in [2.45, 2.75) is 44.6 Å². The molecule has 1 heterocycles. The first kappa shape index (κ1) is 12.5. The lowest BCUT2D eigenvalue weighted by Gasteiger charge is -2.32. The molecule has 1 aromatic heterocycles. The van der Waals surface area contributed by atoms with E-state index in [0.717, 1.165) is 31.6 Å². The number of ether oxygens (including phenoxy) is 1. The largest absolute Gasteiger partial charge is 0.384 e. The molecule has 17 heavy (non-hydrogen) atoms. The van der Waals surface area contributed by atoms with Gasteiger partial charge in [0.05, 0.1) is 12.1 Å². The molecule has 96 valence electrons. The number of hydrogen-bond acceptors (Lipinski definition) is 5. The van der Waals surface area contributed by atoms with Crippen molar-refractivity contribution in [1.29, 1.82) is 0 Å². The van der Waals surface area contributed by atoms with E-state index in [4.69, 9.17) is 15.0 Å². The molecule has 0 unspecified atom stereocenters. The Morgan fingerprint density at radius 2 is 2.18 bits per heavy atom. The van der Waals surface area contributed by atoms with Crippen LogP contribution in [0, 0.1) is 5.92 Å². The van der Waals surface area contributed by atoms with Crippen LogP contribution in [0.4, 0.5) is 0 Å². The zero-order valence-electron chi connectivity index (χ0n) is 10.6. The Bertz CT molecular complexity index is 356. The summed E-state index contributed by atoms with van der Waals surface area (Å²) in [5.74, 6) is 2.03. The molecule has 0 aliphatic heterocycles. The molecule has 0 saturated heterocycles. The monoisotopic (exact) mass is 239 g/mol. The van der Waals surface area contributed by atoms with Crippen molar-refractivity contribution in [2.75, 3.05) is 13.7 Å². The number of nitrogens with zero attached hydrogens (tertiary/aromatic N) is 2. The molecule has 0 aromatic carbocycles.